The highest BCUT2D eigenvalue weighted by Crippen LogP contribution is 2.25. The van der Waals surface area contributed by atoms with E-state index in [0.29, 0.717) is 15.7 Å². The second-order valence-electron chi connectivity index (χ2n) is 3.38. The lowest BCUT2D eigenvalue weighted by Crippen LogP contribution is -2.37. The number of hydrogen-bond acceptors (Lipinski definition) is 2. The second kappa shape index (κ2) is 6.05. The highest BCUT2D eigenvalue weighted by Gasteiger charge is 2.11. The largest absolute Gasteiger partial charge is 0.392 e. The van der Waals surface area contributed by atoms with Gasteiger partial charge in [-0.1, -0.05) is 35.4 Å². The molecule has 0 aromatic heterocycles. The zero-order valence-corrected chi connectivity index (χ0v) is 11.4. The van der Waals surface area contributed by atoms with Crippen molar-refractivity contribution in [2.75, 3.05) is 18.9 Å². The van der Waals surface area contributed by atoms with Crippen molar-refractivity contribution < 1.29 is 4.79 Å². The van der Waals surface area contributed by atoms with Crippen LogP contribution >= 0.6 is 35.4 Å². The average molecular weight is 292 g/mol. The van der Waals surface area contributed by atoms with Gasteiger partial charge < -0.3 is 16.0 Å². The quantitative estimate of drug-likeness (QED) is 0.842. The average Bonchev–Trinajstić information content (AvgIpc) is 2.22. The van der Waals surface area contributed by atoms with Gasteiger partial charge in [0.05, 0.1) is 22.2 Å². The third kappa shape index (κ3) is 4.38. The molecule has 0 bridgehead atoms. The van der Waals surface area contributed by atoms with Gasteiger partial charge in [0.1, 0.15) is 0 Å². The number of carbonyl (C=O) groups is 1. The molecule has 17 heavy (non-hydrogen) atoms. The van der Waals surface area contributed by atoms with Gasteiger partial charge in [-0.15, -0.1) is 0 Å². The molecule has 1 aromatic rings. The standard InChI is InChI=1S/C10H11Cl2N3OS/c1-15(5-9(13)17)10(16)14-8-4-6(11)2-3-7(8)12/h2-4H,5H2,1H3,(H2,13,17)(H,14,16). The minimum absolute atomic E-state index is 0.194. The fourth-order valence-corrected chi connectivity index (χ4v) is 1.64. The number of urea groups is 1. The lowest BCUT2D eigenvalue weighted by molar-refractivity contribution is 0.228. The van der Waals surface area contributed by atoms with Crippen LogP contribution in [0.5, 0.6) is 0 Å². The minimum Gasteiger partial charge on any atom is -0.392 e. The molecule has 0 aliphatic rings. The summed E-state index contributed by atoms with van der Waals surface area (Å²) in [4.78, 5) is 13.3. The fourth-order valence-electron chi connectivity index (χ4n) is 1.11. The topological polar surface area (TPSA) is 58.4 Å². The van der Waals surface area contributed by atoms with Crippen LogP contribution in [-0.2, 0) is 0 Å². The first-order chi connectivity index (χ1) is 7.90. The molecule has 3 N–H and O–H groups in total. The van der Waals surface area contributed by atoms with E-state index in [2.05, 4.69) is 5.32 Å². The van der Waals surface area contributed by atoms with E-state index in [1.54, 1.807) is 25.2 Å². The number of carbonyl (C=O) groups excluding carboxylic acids is 1. The maximum atomic E-state index is 11.7. The van der Waals surface area contributed by atoms with Crippen molar-refractivity contribution in [2.24, 2.45) is 5.73 Å². The summed E-state index contributed by atoms with van der Waals surface area (Å²) in [5.41, 5.74) is 5.78. The Morgan fingerprint density at radius 3 is 2.76 bits per heavy atom. The number of nitrogens with two attached hydrogens (primary N) is 1. The summed E-state index contributed by atoms with van der Waals surface area (Å²) in [6.45, 7) is 0.194. The van der Waals surface area contributed by atoms with E-state index in [4.69, 9.17) is 41.2 Å². The van der Waals surface area contributed by atoms with E-state index in [-0.39, 0.29) is 17.6 Å². The Labute approximate surface area is 115 Å². The molecule has 0 atom stereocenters. The molecule has 4 nitrogen and oxygen atoms in total. The summed E-state index contributed by atoms with van der Waals surface area (Å²) in [6.07, 6.45) is 0. The van der Waals surface area contributed by atoms with Crippen LogP contribution in [0.2, 0.25) is 10.0 Å². The Hall–Kier alpha value is -1.04. The van der Waals surface area contributed by atoms with Gasteiger partial charge in [-0.05, 0) is 18.2 Å². The molecule has 0 saturated carbocycles. The Morgan fingerprint density at radius 2 is 2.18 bits per heavy atom. The van der Waals surface area contributed by atoms with Crippen molar-refractivity contribution in [1.82, 2.24) is 4.90 Å². The van der Waals surface area contributed by atoms with E-state index in [0.717, 1.165) is 0 Å². The summed E-state index contributed by atoms with van der Waals surface area (Å²) in [5.74, 6) is 0. The Bertz CT molecular complexity index is 453. The van der Waals surface area contributed by atoms with Gasteiger partial charge >= 0.3 is 6.03 Å². The third-order valence-electron chi connectivity index (χ3n) is 1.91. The molecule has 0 saturated heterocycles. The van der Waals surface area contributed by atoms with Gasteiger partial charge in [0, 0.05) is 12.1 Å². The molecule has 1 rings (SSSR count). The molecule has 0 heterocycles. The van der Waals surface area contributed by atoms with Crippen molar-refractivity contribution >= 4 is 52.1 Å². The molecule has 0 radical (unpaired) electrons. The van der Waals surface area contributed by atoms with Gasteiger partial charge in [0.25, 0.3) is 0 Å². The fraction of sp³-hybridized carbons (Fsp3) is 0.200. The monoisotopic (exact) mass is 291 g/mol. The second-order valence-corrected chi connectivity index (χ2v) is 4.74. The van der Waals surface area contributed by atoms with Gasteiger partial charge in [0.15, 0.2) is 0 Å². The van der Waals surface area contributed by atoms with Crippen molar-refractivity contribution in [3.63, 3.8) is 0 Å². The Kier molecular flexibility index (Phi) is 4.99. The van der Waals surface area contributed by atoms with Gasteiger partial charge in [-0.3, -0.25) is 0 Å². The number of nitrogens with zero attached hydrogens (tertiary/aromatic N) is 1. The summed E-state index contributed by atoms with van der Waals surface area (Å²) in [6, 6.07) is 4.45. The van der Waals surface area contributed by atoms with E-state index in [9.17, 15) is 4.79 Å². The van der Waals surface area contributed by atoms with Crippen LogP contribution in [0, 0.1) is 0 Å². The SMILES string of the molecule is CN(CC(N)=S)C(=O)Nc1cc(Cl)ccc1Cl. The first-order valence-electron chi connectivity index (χ1n) is 4.65. The van der Waals surface area contributed by atoms with Crippen molar-refractivity contribution in [3.8, 4) is 0 Å². The number of thiocarbonyl (C=S) groups is 1. The van der Waals surface area contributed by atoms with E-state index in [1.807, 2.05) is 0 Å². The summed E-state index contributed by atoms with van der Waals surface area (Å²) >= 11 is 16.4. The van der Waals surface area contributed by atoms with Crippen LogP contribution in [-0.4, -0.2) is 29.5 Å². The Balaban J connectivity index is 2.73. The van der Waals surface area contributed by atoms with E-state index in [1.165, 1.54) is 4.90 Å². The van der Waals surface area contributed by atoms with Crippen LogP contribution in [0.4, 0.5) is 10.5 Å². The Morgan fingerprint density at radius 1 is 1.53 bits per heavy atom. The highest BCUT2D eigenvalue weighted by molar-refractivity contribution is 7.80. The van der Waals surface area contributed by atoms with Gasteiger partial charge in [-0.2, -0.15) is 0 Å². The number of halogens is 2. The molecule has 7 heteroatoms. The normalized spacial score (nSPS) is 9.82. The van der Waals surface area contributed by atoms with Crippen molar-refractivity contribution in [3.05, 3.63) is 28.2 Å². The highest BCUT2D eigenvalue weighted by atomic mass is 35.5. The molecule has 0 fully saturated rings. The molecule has 0 aliphatic carbocycles. The maximum Gasteiger partial charge on any atom is 0.322 e. The number of nitrogens with one attached hydrogen (secondary N) is 1. The lowest BCUT2D eigenvalue weighted by atomic mass is 10.3. The van der Waals surface area contributed by atoms with Crippen LogP contribution in [0.3, 0.4) is 0 Å². The smallest absolute Gasteiger partial charge is 0.322 e. The molecule has 0 unspecified atom stereocenters. The number of anilines is 1. The molecule has 2 amide bonds. The molecule has 0 aliphatic heterocycles. The number of likely N-dealkylation sites (N-methyl/N-ethyl adjacent to an activating group) is 1. The molecular formula is C10H11Cl2N3OS. The number of amides is 2. The number of hydrogen-bond donors (Lipinski definition) is 2. The number of benzene rings is 1. The zero-order chi connectivity index (χ0) is 13.0. The van der Waals surface area contributed by atoms with Crippen molar-refractivity contribution in [1.29, 1.82) is 0 Å². The van der Waals surface area contributed by atoms with Gasteiger partial charge in [-0.25, -0.2) is 4.79 Å². The van der Waals surface area contributed by atoms with Crippen LogP contribution < -0.4 is 11.1 Å². The summed E-state index contributed by atoms with van der Waals surface area (Å²) in [7, 11) is 1.58. The zero-order valence-electron chi connectivity index (χ0n) is 9.04. The first kappa shape index (κ1) is 14.0. The van der Waals surface area contributed by atoms with E-state index < -0.39 is 0 Å². The summed E-state index contributed by atoms with van der Waals surface area (Å²) < 4.78 is 0. The molecule has 0 spiro atoms. The molecule has 92 valence electrons. The summed E-state index contributed by atoms with van der Waals surface area (Å²) in [5, 5.41) is 3.51. The predicted octanol–water partition coefficient (Wildman–Crippen LogP) is 2.74. The molecular weight excluding hydrogens is 281 g/mol. The third-order valence-corrected chi connectivity index (χ3v) is 2.60. The van der Waals surface area contributed by atoms with Crippen LogP contribution in [0.1, 0.15) is 0 Å². The number of rotatable bonds is 3. The lowest BCUT2D eigenvalue weighted by Gasteiger charge is -2.17. The minimum atomic E-state index is -0.359. The van der Waals surface area contributed by atoms with Crippen LogP contribution in [0.15, 0.2) is 18.2 Å². The van der Waals surface area contributed by atoms with E-state index >= 15 is 0 Å². The van der Waals surface area contributed by atoms with Gasteiger partial charge in [0.2, 0.25) is 0 Å². The van der Waals surface area contributed by atoms with Crippen molar-refractivity contribution in [2.45, 2.75) is 0 Å². The predicted molar refractivity (Wildman–Crippen MR) is 74.9 cm³/mol. The first-order valence-corrected chi connectivity index (χ1v) is 5.82. The maximum absolute atomic E-state index is 11.7. The molecule has 1 aromatic carbocycles. The van der Waals surface area contributed by atoms with Crippen LogP contribution in [0.25, 0.3) is 0 Å².